The Morgan fingerprint density at radius 3 is 2.48 bits per heavy atom. The number of benzene rings is 3. The Morgan fingerprint density at radius 1 is 1.03 bits per heavy atom. The number of imidazole rings is 1. The van der Waals surface area contributed by atoms with Crippen molar-refractivity contribution in [1.29, 1.82) is 0 Å². The number of hydrogen-bond acceptors (Lipinski definition) is 6. The van der Waals surface area contributed by atoms with Gasteiger partial charge in [-0.25, -0.2) is 4.98 Å². The van der Waals surface area contributed by atoms with Gasteiger partial charge in [-0.15, -0.1) is 0 Å². The summed E-state index contributed by atoms with van der Waals surface area (Å²) in [5, 5.41) is 5.96. The van der Waals surface area contributed by atoms with Crippen molar-refractivity contribution in [3.05, 3.63) is 66.2 Å². The monoisotopic (exact) mass is 419 g/mol. The minimum absolute atomic E-state index is 0. The van der Waals surface area contributed by atoms with E-state index in [-0.39, 0.29) is 8.76 Å². The Bertz CT molecular complexity index is 1240. The van der Waals surface area contributed by atoms with Crippen molar-refractivity contribution in [3.8, 4) is 11.4 Å². The highest BCUT2D eigenvalue weighted by Gasteiger charge is 2.11. The van der Waals surface area contributed by atoms with Crippen molar-refractivity contribution in [2.24, 2.45) is 5.84 Å². The summed E-state index contributed by atoms with van der Waals surface area (Å²) in [7, 11) is 5.79. The third-order valence-corrected chi connectivity index (χ3v) is 5.10. The summed E-state index contributed by atoms with van der Waals surface area (Å²) < 4.78 is 0. The maximum absolute atomic E-state index is 12.7. The first-order chi connectivity index (χ1) is 15.0. The van der Waals surface area contributed by atoms with Crippen LogP contribution < -0.4 is 26.8 Å². The van der Waals surface area contributed by atoms with Crippen LogP contribution in [-0.4, -0.2) is 37.0 Å². The molecular weight excluding hydrogens is 390 g/mol. The second-order valence-corrected chi connectivity index (χ2v) is 7.37. The molecule has 0 atom stereocenters. The summed E-state index contributed by atoms with van der Waals surface area (Å²) in [6, 6.07) is 19.0. The van der Waals surface area contributed by atoms with Gasteiger partial charge in [0, 0.05) is 46.5 Å². The van der Waals surface area contributed by atoms with Crippen molar-refractivity contribution < 1.29 is 7.65 Å². The minimum Gasteiger partial charge on any atom is -0.386 e. The number of hydrogen-bond donors (Lipinski definition) is 5. The van der Waals surface area contributed by atoms with E-state index in [1.807, 2.05) is 44.4 Å². The van der Waals surface area contributed by atoms with E-state index in [4.69, 9.17) is 5.84 Å². The Morgan fingerprint density at radius 2 is 1.81 bits per heavy atom. The van der Waals surface area contributed by atoms with Crippen LogP contribution in [0.4, 0.5) is 22.7 Å². The molecule has 0 unspecified atom stereocenters. The Kier molecular flexibility index (Phi) is 5.46. The summed E-state index contributed by atoms with van der Waals surface area (Å²) in [5.74, 6) is 6.07. The van der Waals surface area contributed by atoms with Gasteiger partial charge in [-0.3, -0.25) is 10.6 Å². The lowest BCUT2D eigenvalue weighted by Crippen LogP contribution is -2.14. The van der Waals surface area contributed by atoms with Crippen LogP contribution in [0.5, 0.6) is 0 Å². The zero-order valence-corrected chi connectivity index (χ0v) is 17.7. The van der Waals surface area contributed by atoms with Crippen molar-refractivity contribution in [2.75, 3.05) is 42.1 Å². The van der Waals surface area contributed by atoms with Crippen molar-refractivity contribution in [3.63, 3.8) is 0 Å². The number of fused-ring (bicyclic) bond motifs is 1. The molecule has 162 valence electrons. The number of carbonyl (C=O) groups is 1. The fourth-order valence-corrected chi connectivity index (χ4v) is 3.36. The molecule has 0 bridgehead atoms. The van der Waals surface area contributed by atoms with Gasteiger partial charge >= 0.3 is 0 Å². The number of aromatic amines is 1. The predicted octanol–water partition coefficient (Wildman–Crippen LogP) is 4.37. The van der Waals surface area contributed by atoms with E-state index in [0.717, 1.165) is 33.8 Å². The number of H-pyrrole nitrogens is 1. The minimum atomic E-state index is -0.210. The van der Waals surface area contributed by atoms with Gasteiger partial charge in [-0.05, 0) is 60.7 Å². The lowest BCUT2D eigenvalue weighted by Gasteiger charge is -2.12. The Balaban J connectivity index is 0.00000193. The molecule has 1 amide bonds. The van der Waals surface area contributed by atoms with Gasteiger partial charge in [-0.2, -0.15) is 0 Å². The van der Waals surface area contributed by atoms with Crippen molar-refractivity contribution in [2.45, 2.75) is 0 Å². The number of amides is 1. The molecule has 0 aliphatic heterocycles. The quantitative estimate of drug-likeness (QED) is 0.234. The van der Waals surface area contributed by atoms with Crippen LogP contribution in [-0.2, 0) is 0 Å². The molecule has 6 N–H and O–H groups in total. The fourth-order valence-electron chi connectivity index (χ4n) is 3.36. The van der Waals surface area contributed by atoms with Crippen LogP contribution in [0.25, 0.3) is 22.4 Å². The number of rotatable bonds is 6. The van der Waals surface area contributed by atoms with E-state index in [1.54, 1.807) is 25.2 Å². The third-order valence-electron chi connectivity index (χ3n) is 5.10. The highest BCUT2D eigenvalue weighted by atomic mass is 16.1. The Hall–Kier alpha value is -4.04. The van der Waals surface area contributed by atoms with E-state index in [1.165, 1.54) is 0 Å². The molecule has 4 aromatic rings. The lowest BCUT2D eigenvalue weighted by molar-refractivity contribution is 0.102. The normalized spacial score (nSPS) is 10.7. The van der Waals surface area contributed by atoms with Crippen molar-refractivity contribution >= 4 is 39.7 Å². The summed E-state index contributed by atoms with van der Waals surface area (Å²) in [4.78, 5) is 22.8. The molecule has 0 saturated heterocycles. The van der Waals surface area contributed by atoms with Crippen LogP contribution >= 0.6 is 0 Å². The summed E-state index contributed by atoms with van der Waals surface area (Å²) in [6.45, 7) is 0. The van der Waals surface area contributed by atoms with Gasteiger partial charge in [-0.1, -0.05) is 0 Å². The highest BCUT2D eigenvalue weighted by molar-refractivity contribution is 6.06. The van der Waals surface area contributed by atoms with Crippen LogP contribution in [0.1, 0.15) is 13.2 Å². The predicted molar refractivity (Wildman–Crippen MR) is 132 cm³/mol. The summed E-state index contributed by atoms with van der Waals surface area (Å²) in [6.07, 6.45) is 0. The fraction of sp³-hybridized carbons (Fsp3) is 0.130. The van der Waals surface area contributed by atoms with Gasteiger partial charge in [0.15, 0.2) is 0 Å². The van der Waals surface area contributed by atoms with Gasteiger partial charge in [0.1, 0.15) is 5.82 Å². The number of carbonyl (C=O) groups excluding carboxylic acids is 1. The molecule has 0 spiro atoms. The van der Waals surface area contributed by atoms with Gasteiger partial charge in [0.25, 0.3) is 5.91 Å². The maximum atomic E-state index is 12.7. The topological polar surface area (TPSA) is 111 Å². The smallest absolute Gasteiger partial charge is 0.255 e. The second-order valence-electron chi connectivity index (χ2n) is 7.37. The SMILES string of the molecule is CNc1cc(C(=O)Nc2ccc3nc(-c4ccc(N(C)C)cc4)[nH]c3c2)ccc1NN.[HH].[HH]. The van der Waals surface area contributed by atoms with Crippen LogP contribution in [0.15, 0.2) is 60.7 Å². The number of nitrogens with two attached hydrogens (primary N) is 1. The van der Waals surface area contributed by atoms with Gasteiger partial charge < -0.3 is 25.9 Å². The average molecular weight is 420 g/mol. The van der Waals surface area contributed by atoms with E-state index in [0.29, 0.717) is 16.9 Å². The zero-order valence-electron chi connectivity index (χ0n) is 17.7. The zero-order chi connectivity index (χ0) is 22.0. The Labute approximate surface area is 183 Å². The largest absolute Gasteiger partial charge is 0.386 e. The average Bonchev–Trinajstić information content (AvgIpc) is 3.22. The molecule has 8 nitrogen and oxygen atoms in total. The van der Waals surface area contributed by atoms with Gasteiger partial charge in [0.05, 0.1) is 22.4 Å². The highest BCUT2D eigenvalue weighted by Crippen LogP contribution is 2.26. The molecule has 0 aliphatic rings. The van der Waals surface area contributed by atoms with Crippen LogP contribution in [0.3, 0.4) is 0 Å². The standard InChI is InChI=1S/C23H25N7O.2H2/c1-25-20-12-15(6-10-19(20)29-24)23(31)26-16-7-11-18-21(13-16)28-22(27-18)14-4-8-17(9-5-14)30(2)3;;/h4-13,25,29H,24H2,1-3H3,(H,26,31)(H,27,28);2*1H. The van der Waals surface area contributed by atoms with Crippen LogP contribution in [0.2, 0.25) is 0 Å². The molecule has 8 heteroatoms. The number of hydrazine groups is 1. The van der Waals surface area contributed by atoms with Crippen LogP contribution in [0, 0.1) is 0 Å². The molecule has 1 heterocycles. The number of nitrogen functional groups attached to an aromatic ring is 1. The number of anilines is 4. The maximum Gasteiger partial charge on any atom is 0.255 e. The van der Waals surface area contributed by atoms with Gasteiger partial charge in [0.2, 0.25) is 0 Å². The lowest BCUT2D eigenvalue weighted by atomic mass is 10.1. The molecule has 0 aliphatic carbocycles. The number of nitrogens with zero attached hydrogens (tertiary/aromatic N) is 2. The van der Waals surface area contributed by atoms with E-state index in [9.17, 15) is 4.79 Å². The third kappa shape index (κ3) is 4.15. The molecule has 3 aromatic carbocycles. The van der Waals surface area contributed by atoms with E-state index >= 15 is 0 Å². The molecule has 1 aromatic heterocycles. The first-order valence-electron chi connectivity index (χ1n) is 9.86. The molecule has 31 heavy (non-hydrogen) atoms. The first-order valence-corrected chi connectivity index (χ1v) is 9.86. The number of nitrogens with one attached hydrogen (secondary N) is 4. The molecule has 0 fully saturated rings. The molecule has 0 radical (unpaired) electrons. The number of aromatic nitrogens is 2. The summed E-state index contributed by atoms with van der Waals surface area (Å²) in [5.41, 5.74) is 9.07. The molecular formula is C23H29N7O. The second kappa shape index (κ2) is 8.37. The summed E-state index contributed by atoms with van der Waals surface area (Å²) >= 11 is 0. The molecule has 4 rings (SSSR count). The van der Waals surface area contributed by atoms with Crippen molar-refractivity contribution in [1.82, 2.24) is 9.97 Å². The van der Waals surface area contributed by atoms with E-state index < -0.39 is 0 Å². The first kappa shape index (κ1) is 20.2. The molecule has 0 saturated carbocycles. The van der Waals surface area contributed by atoms with E-state index in [2.05, 4.69) is 43.1 Å².